The largest absolute Gasteiger partial charge is 0.497 e. The zero-order chi connectivity index (χ0) is 19.9. The molecule has 3 aromatic carbocycles. The van der Waals surface area contributed by atoms with Gasteiger partial charge >= 0.3 is 0 Å². The molecule has 0 saturated heterocycles. The maximum Gasteiger partial charge on any atom is 0.185 e. The van der Waals surface area contributed by atoms with Crippen molar-refractivity contribution in [3.05, 3.63) is 71.8 Å². The quantitative estimate of drug-likeness (QED) is 0.445. The maximum absolute atomic E-state index is 12.5. The number of ketones is 1. The van der Waals surface area contributed by atoms with Crippen molar-refractivity contribution in [3.8, 4) is 23.3 Å². The Kier molecular flexibility index (Phi) is 5.93. The molecule has 0 amide bonds. The lowest BCUT2D eigenvalue weighted by Crippen LogP contribution is -1.97. The maximum atomic E-state index is 12.5. The van der Waals surface area contributed by atoms with E-state index in [-0.39, 0.29) is 12.4 Å². The van der Waals surface area contributed by atoms with Crippen molar-refractivity contribution >= 4 is 22.6 Å². The summed E-state index contributed by atoms with van der Waals surface area (Å²) in [6.45, 7) is -0.0577. The number of benzene rings is 3. The Morgan fingerprint density at radius 1 is 0.964 bits per heavy atom. The average molecular weight is 373 g/mol. The molecule has 140 valence electrons. The molecule has 0 fully saturated rings. The number of ether oxygens (including phenoxy) is 3. The third-order valence-electron chi connectivity index (χ3n) is 4.24. The van der Waals surface area contributed by atoms with E-state index in [4.69, 9.17) is 19.5 Å². The number of rotatable bonds is 7. The summed E-state index contributed by atoms with van der Waals surface area (Å²) < 4.78 is 15.8. The van der Waals surface area contributed by atoms with E-state index in [1.807, 2.05) is 36.4 Å². The Balaban J connectivity index is 1.79. The van der Waals surface area contributed by atoms with Crippen molar-refractivity contribution in [2.75, 3.05) is 20.8 Å². The van der Waals surface area contributed by atoms with Crippen molar-refractivity contribution in [1.82, 2.24) is 0 Å². The minimum atomic E-state index is -0.0958. The van der Waals surface area contributed by atoms with E-state index in [0.29, 0.717) is 17.1 Å². The lowest BCUT2D eigenvalue weighted by molar-refractivity contribution is 0.104. The van der Waals surface area contributed by atoms with E-state index in [0.717, 1.165) is 22.1 Å². The molecule has 3 aromatic rings. The summed E-state index contributed by atoms with van der Waals surface area (Å²) in [5.74, 6) is 1.67. The molecule has 0 heterocycles. The van der Waals surface area contributed by atoms with Crippen molar-refractivity contribution in [2.24, 2.45) is 0 Å². The van der Waals surface area contributed by atoms with E-state index in [9.17, 15) is 4.79 Å². The highest BCUT2D eigenvalue weighted by Gasteiger charge is 2.07. The van der Waals surface area contributed by atoms with E-state index in [1.165, 1.54) is 13.2 Å². The lowest BCUT2D eigenvalue weighted by atomic mass is 10.0. The molecule has 0 saturated carbocycles. The van der Waals surface area contributed by atoms with Gasteiger partial charge < -0.3 is 14.2 Å². The second-order valence-corrected chi connectivity index (χ2v) is 5.98. The molecule has 5 heteroatoms. The SMILES string of the molecule is COc1ccc2cc(C(=O)/C=C/c3ccc(OCC#N)c(OC)c3)ccc2c1. The molecule has 0 spiro atoms. The number of nitriles is 1. The minimum Gasteiger partial charge on any atom is -0.497 e. The molecule has 0 aliphatic rings. The lowest BCUT2D eigenvalue weighted by Gasteiger charge is -2.08. The second-order valence-electron chi connectivity index (χ2n) is 5.98. The summed E-state index contributed by atoms with van der Waals surface area (Å²) in [4.78, 5) is 12.5. The van der Waals surface area contributed by atoms with Gasteiger partial charge in [-0.3, -0.25) is 4.79 Å². The van der Waals surface area contributed by atoms with Gasteiger partial charge in [0.25, 0.3) is 0 Å². The van der Waals surface area contributed by atoms with Crippen molar-refractivity contribution in [3.63, 3.8) is 0 Å². The third-order valence-corrected chi connectivity index (χ3v) is 4.24. The van der Waals surface area contributed by atoms with Gasteiger partial charge in [0.2, 0.25) is 0 Å². The van der Waals surface area contributed by atoms with Crippen LogP contribution in [0.25, 0.3) is 16.8 Å². The summed E-state index contributed by atoms with van der Waals surface area (Å²) in [7, 11) is 3.15. The molecule has 0 radical (unpaired) electrons. The third kappa shape index (κ3) is 4.30. The van der Waals surface area contributed by atoms with Gasteiger partial charge in [0.05, 0.1) is 14.2 Å². The summed E-state index contributed by atoms with van der Waals surface area (Å²) in [6, 6.07) is 18.5. The van der Waals surface area contributed by atoms with Crippen LogP contribution < -0.4 is 14.2 Å². The zero-order valence-electron chi connectivity index (χ0n) is 15.6. The molecule has 5 nitrogen and oxygen atoms in total. The smallest absolute Gasteiger partial charge is 0.185 e. The highest BCUT2D eigenvalue weighted by atomic mass is 16.5. The number of carbonyl (C=O) groups excluding carboxylic acids is 1. The summed E-state index contributed by atoms with van der Waals surface area (Å²) in [5.41, 5.74) is 1.40. The van der Waals surface area contributed by atoms with E-state index >= 15 is 0 Å². The number of fused-ring (bicyclic) bond motifs is 1. The van der Waals surface area contributed by atoms with Gasteiger partial charge in [-0.1, -0.05) is 30.3 Å². The van der Waals surface area contributed by atoms with Crippen LogP contribution in [0.2, 0.25) is 0 Å². The predicted molar refractivity (Wildman–Crippen MR) is 108 cm³/mol. The van der Waals surface area contributed by atoms with Crippen molar-refractivity contribution in [1.29, 1.82) is 5.26 Å². The minimum absolute atomic E-state index is 0.0577. The van der Waals surface area contributed by atoms with Crippen LogP contribution in [-0.2, 0) is 0 Å². The molecule has 0 aliphatic heterocycles. The molecule has 3 rings (SSSR count). The normalized spacial score (nSPS) is 10.6. The predicted octanol–water partition coefficient (Wildman–Crippen LogP) is 4.66. The van der Waals surface area contributed by atoms with Gasteiger partial charge in [0, 0.05) is 5.56 Å². The standard InChI is InChI=1S/C23H19NO4/c1-26-20-8-7-17-14-19(6-5-18(17)15-20)21(25)9-3-16-4-10-22(28-12-11-24)23(13-16)27-2/h3-10,13-15H,12H2,1-2H3/b9-3+. The van der Waals surface area contributed by atoms with Gasteiger partial charge in [-0.2, -0.15) is 5.26 Å². The van der Waals surface area contributed by atoms with Crippen LogP contribution in [0.15, 0.2) is 60.7 Å². The topological polar surface area (TPSA) is 68.5 Å². The first-order valence-corrected chi connectivity index (χ1v) is 8.62. The number of nitrogens with zero attached hydrogens (tertiary/aromatic N) is 1. The number of allylic oxidation sites excluding steroid dienone is 1. The first kappa shape index (κ1) is 19.0. The molecule has 0 atom stereocenters. The number of hydrogen-bond donors (Lipinski definition) is 0. The van der Waals surface area contributed by atoms with Crippen LogP contribution in [0.3, 0.4) is 0 Å². The summed E-state index contributed by atoms with van der Waals surface area (Å²) in [5, 5.41) is 10.6. The highest BCUT2D eigenvalue weighted by molar-refractivity contribution is 6.08. The van der Waals surface area contributed by atoms with Crippen LogP contribution >= 0.6 is 0 Å². The van der Waals surface area contributed by atoms with Crippen LogP contribution in [0.1, 0.15) is 15.9 Å². The van der Waals surface area contributed by atoms with Gasteiger partial charge in [-0.15, -0.1) is 0 Å². The Hall–Kier alpha value is -3.78. The summed E-state index contributed by atoms with van der Waals surface area (Å²) in [6.07, 6.45) is 3.24. The Morgan fingerprint density at radius 3 is 2.50 bits per heavy atom. The highest BCUT2D eigenvalue weighted by Crippen LogP contribution is 2.28. The van der Waals surface area contributed by atoms with E-state index in [2.05, 4.69) is 0 Å². The molecule has 0 aliphatic carbocycles. The molecule has 28 heavy (non-hydrogen) atoms. The number of methoxy groups -OCH3 is 2. The van der Waals surface area contributed by atoms with Crippen LogP contribution in [0.5, 0.6) is 17.2 Å². The number of hydrogen-bond acceptors (Lipinski definition) is 5. The molecular formula is C23H19NO4. The van der Waals surface area contributed by atoms with E-state index in [1.54, 1.807) is 37.5 Å². The fourth-order valence-corrected chi connectivity index (χ4v) is 2.79. The van der Waals surface area contributed by atoms with Crippen LogP contribution in [0, 0.1) is 11.3 Å². The number of carbonyl (C=O) groups is 1. The Bertz CT molecular complexity index is 1080. The van der Waals surface area contributed by atoms with E-state index < -0.39 is 0 Å². The van der Waals surface area contributed by atoms with Gasteiger partial charge in [-0.25, -0.2) is 0 Å². The van der Waals surface area contributed by atoms with Crippen LogP contribution in [0.4, 0.5) is 0 Å². The van der Waals surface area contributed by atoms with Gasteiger partial charge in [-0.05, 0) is 52.7 Å². The Morgan fingerprint density at radius 2 is 1.75 bits per heavy atom. The average Bonchev–Trinajstić information content (AvgIpc) is 2.75. The zero-order valence-corrected chi connectivity index (χ0v) is 15.6. The first-order chi connectivity index (χ1) is 13.6. The summed E-state index contributed by atoms with van der Waals surface area (Å²) >= 11 is 0. The van der Waals surface area contributed by atoms with Gasteiger partial charge in [0.1, 0.15) is 11.8 Å². The Labute approximate surface area is 163 Å². The van der Waals surface area contributed by atoms with Crippen molar-refractivity contribution < 1.29 is 19.0 Å². The molecular weight excluding hydrogens is 354 g/mol. The fraction of sp³-hybridized carbons (Fsp3) is 0.130. The first-order valence-electron chi connectivity index (χ1n) is 8.62. The molecule has 0 N–H and O–H groups in total. The molecule has 0 unspecified atom stereocenters. The second kappa shape index (κ2) is 8.74. The van der Waals surface area contributed by atoms with Gasteiger partial charge in [0.15, 0.2) is 23.9 Å². The molecule has 0 bridgehead atoms. The fourth-order valence-electron chi connectivity index (χ4n) is 2.79. The molecule has 0 aromatic heterocycles. The monoisotopic (exact) mass is 373 g/mol. The van der Waals surface area contributed by atoms with Crippen LogP contribution in [-0.4, -0.2) is 26.6 Å². The van der Waals surface area contributed by atoms with Crippen molar-refractivity contribution in [2.45, 2.75) is 0 Å².